The minimum absolute atomic E-state index is 0. The fourth-order valence-electron chi connectivity index (χ4n) is 10.4. The van der Waals surface area contributed by atoms with Crippen molar-refractivity contribution < 1.29 is 47.6 Å². The Labute approximate surface area is 406 Å². The number of halogens is 8. The van der Waals surface area contributed by atoms with Crippen LogP contribution in [0.5, 0.6) is 0 Å². The average molecular weight is 1020 g/mol. The third-order valence-corrected chi connectivity index (χ3v) is 21.1. The van der Waals surface area contributed by atoms with Gasteiger partial charge in [0.15, 0.2) is 0 Å². The van der Waals surface area contributed by atoms with Gasteiger partial charge in [-0.2, -0.15) is 0 Å². The van der Waals surface area contributed by atoms with E-state index in [-0.39, 0.29) is 36.1 Å². The number of hydrogen-bond acceptors (Lipinski definition) is 0. The molecule has 6 aromatic carbocycles. The van der Waals surface area contributed by atoms with Crippen LogP contribution in [0.1, 0.15) is 101 Å². The van der Waals surface area contributed by atoms with Crippen molar-refractivity contribution in [3.05, 3.63) is 191 Å². The van der Waals surface area contributed by atoms with E-state index in [2.05, 4.69) is 136 Å². The number of fused-ring (bicyclic) bond motifs is 3. The molecule has 2 aliphatic rings. The molecule has 0 saturated heterocycles. The van der Waals surface area contributed by atoms with E-state index in [1.165, 1.54) is 45.5 Å². The summed E-state index contributed by atoms with van der Waals surface area (Å²) in [6, 6.07) is 30.8. The Balaban J connectivity index is 0.00000360. The Hall–Kier alpha value is -4.29. The maximum Gasteiger partial charge on any atom is -0.147 e. The van der Waals surface area contributed by atoms with Gasteiger partial charge in [0.2, 0.25) is 0 Å². The third-order valence-electron chi connectivity index (χ3n) is 13.2. The van der Waals surface area contributed by atoms with Gasteiger partial charge in [-0.25, -0.2) is 0 Å². The van der Waals surface area contributed by atoms with Gasteiger partial charge in [0.25, 0.3) is 0 Å². The normalized spacial score (nSPS) is 14.5. The Kier molecular flexibility index (Phi) is 14.7. The first-order chi connectivity index (χ1) is 30.0. The van der Waals surface area contributed by atoms with Crippen molar-refractivity contribution in [3.8, 4) is 33.4 Å². The van der Waals surface area contributed by atoms with Gasteiger partial charge in [-0.15, -0.1) is 24.8 Å². The standard InChI is InChI=1S/C31H29.C15H8F6.C11H17.2ClH.Zr/c1-18-11-20(3)30(21(4)12-18)24-7-9-28-26(15-24)17-27-16-25(8-10-29(27)28)31-22(5)13-19(2)14-23(31)6;16-14(17,18)12-5-1-10(2-6-12)9-11-3-7-13(8-4-11)15(19,20)21;1-5-9-6-7-10(8-9)11(2,3)4;;;/h7-15H,17H2,1-6H3;1-8H;7-9H,5H2,1-4H3;2*1H;. The Morgan fingerprint density at radius 1 is 0.576 bits per heavy atom. The first-order valence-electron chi connectivity index (χ1n) is 22.0. The molecule has 0 radical (unpaired) electrons. The Morgan fingerprint density at radius 2 is 1.03 bits per heavy atom. The van der Waals surface area contributed by atoms with Crippen LogP contribution in [0.2, 0.25) is 0 Å². The molecule has 8 rings (SSSR count). The molecule has 0 aliphatic heterocycles. The first-order valence-corrected chi connectivity index (χ1v) is 25.7. The SMILES string of the molecule is CCC1C=C(C(C)(C)C)C=[C]1[Zr](=[C](c1ccc(C(F)(F)F)cc1)c1ccc(C(F)(F)F)cc1)[c]1c(-c2c(C)cc(C)cc2C)ccc2c1Cc1cc(-c3c(C)cc(C)cc3C)ccc1-2.Cl.Cl. The zero-order chi connectivity index (χ0) is 46.2. The summed E-state index contributed by atoms with van der Waals surface area (Å²) in [7, 11) is 0. The van der Waals surface area contributed by atoms with Gasteiger partial charge in [-0.05, 0) is 0 Å². The molecular formula is C57H56Cl2F6Zr. The third kappa shape index (κ3) is 9.69. The minimum Gasteiger partial charge on any atom is -0.147 e. The largest absolute Gasteiger partial charge is 0.147 e. The molecule has 0 spiro atoms. The Morgan fingerprint density at radius 3 is 1.48 bits per heavy atom. The summed E-state index contributed by atoms with van der Waals surface area (Å²) < 4.78 is 88.7. The summed E-state index contributed by atoms with van der Waals surface area (Å²) in [5.41, 5.74) is 17.0. The number of hydrogen-bond donors (Lipinski definition) is 0. The number of aryl methyl sites for hydroxylation is 6. The molecule has 0 heterocycles. The molecule has 0 amide bonds. The van der Waals surface area contributed by atoms with Crippen LogP contribution in [0, 0.1) is 52.9 Å². The van der Waals surface area contributed by atoms with E-state index >= 15 is 0 Å². The fraction of sp³-hybridized carbons (Fsp3) is 0.281. The molecule has 0 nitrogen and oxygen atoms in total. The molecular weight excluding hydrogens is 961 g/mol. The predicted octanol–water partition coefficient (Wildman–Crippen LogP) is 16.7. The van der Waals surface area contributed by atoms with Crippen molar-refractivity contribution in [1.82, 2.24) is 0 Å². The van der Waals surface area contributed by atoms with Crippen molar-refractivity contribution in [2.45, 2.75) is 94.4 Å². The molecule has 0 aromatic heterocycles. The van der Waals surface area contributed by atoms with Gasteiger partial charge in [-0.1, -0.05) is 0 Å². The molecule has 344 valence electrons. The zero-order valence-corrected chi connectivity index (χ0v) is 43.1. The van der Waals surface area contributed by atoms with Crippen LogP contribution in [0.3, 0.4) is 0 Å². The summed E-state index contributed by atoms with van der Waals surface area (Å²) in [6.07, 6.45) is -2.94. The van der Waals surface area contributed by atoms with Crippen molar-refractivity contribution >= 4 is 31.3 Å². The van der Waals surface area contributed by atoms with Gasteiger partial charge < -0.3 is 0 Å². The minimum atomic E-state index is -4.56. The summed E-state index contributed by atoms with van der Waals surface area (Å²) in [5, 5.41) is 0. The van der Waals surface area contributed by atoms with Crippen molar-refractivity contribution in [1.29, 1.82) is 0 Å². The van der Waals surface area contributed by atoms with Crippen LogP contribution >= 0.6 is 24.8 Å². The molecule has 1 atom stereocenters. The average Bonchev–Trinajstić information content (AvgIpc) is 3.81. The second-order valence-electron chi connectivity index (χ2n) is 19.0. The van der Waals surface area contributed by atoms with E-state index in [4.69, 9.17) is 0 Å². The van der Waals surface area contributed by atoms with E-state index in [0.717, 1.165) is 78.4 Å². The molecule has 0 fully saturated rings. The zero-order valence-electron chi connectivity index (χ0n) is 39.0. The van der Waals surface area contributed by atoms with Crippen LogP contribution in [-0.2, 0) is 40.0 Å². The maximum atomic E-state index is 14.2. The van der Waals surface area contributed by atoms with Crippen LogP contribution in [0.4, 0.5) is 26.3 Å². The topological polar surface area (TPSA) is 0 Å². The summed E-state index contributed by atoms with van der Waals surface area (Å²) in [4.78, 5) is 0. The van der Waals surface area contributed by atoms with E-state index in [1.807, 2.05) is 0 Å². The number of alkyl halides is 6. The van der Waals surface area contributed by atoms with Crippen molar-refractivity contribution in [3.63, 3.8) is 0 Å². The van der Waals surface area contributed by atoms with E-state index in [1.54, 1.807) is 24.3 Å². The monoisotopic (exact) mass is 1010 g/mol. The number of rotatable bonds is 7. The molecule has 2 aliphatic carbocycles. The van der Waals surface area contributed by atoms with Gasteiger partial charge in [-0.3, -0.25) is 0 Å². The molecule has 0 saturated carbocycles. The summed E-state index contributed by atoms with van der Waals surface area (Å²) in [5.74, 6) is 0.0364. The van der Waals surface area contributed by atoms with E-state index in [9.17, 15) is 26.3 Å². The molecule has 66 heavy (non-hydrogen) atoms. The van der Waals surface area contributed by atoms with E-state index < -0.39 is 44.7 Å². The molecule has 9 heteroatoms. The second-order valence-corrected chi connectivity index (χ2v) is 24.7. The van der Waals surface area contributed by atoms with Gasteiger partial charge in [0, 0.05) is 0 Å². The fourth-order valence-corrected chi connectivity index (χ4v) is 19.5. The smallest absolute Gasteiger partial charge is 0.147 e. The van der Waals surface area contributed by atoms with Crippen molar-refractivity contribution in [2.24, 2.45) is 11.3 Å². The maximum absolute atomic E-state index is 14.2. The molecule has 0 N–H and O–H groups in total. The predicted molar refractivity (Wildman–Crippen MR) is 264 cm³/mol. The molecule has 0 bridgehead atoms. The summed E-state index contributed by atoms with van der Waals surface area (Å²) >= 11 is -3.84. The number of allylic oxidation sites excluding steroid dienone is 4. The van der Waals surface area contributed by atoms with Crippen LogP contribution in [0.15, 0.2) is 124 Å². The van der Waals surface area contributed by atoms with Gasteiger partial charge in [0.1, 0.15) is 0 Å². The first kappa shape index (κ1) is 51.1. The van der Waals surface area contributed by atoms with Crippen molar-refractivity contribution in [2.75, 3.05) is 0 Å². The van der Waals surface area contributed by atoms with E-state index in [0.29, 0.717) is 17.5 Å². The quantitative estimate of drug-likeness (QED) is 0.140. The summed E-state index contributed by atoms with van der Waals surface area (Å²) in [6.45, 7) is 21.6. The Bertz CT molecular complexity index is 2840. The number of benzene rings is 6. The van der Waals surface area contributed by atoms with Gasteiger partial charge >= 0.3 is 384 Å². The van der Waals surface area contributed by atoms with Crippen LogP contribution < -0.4 is 3.27 Å². The van der Waals surface area contributed by atoms with Crippen LogP contribution in [-0.4, -0.2) is 3.21 Å². The molecule has 6 aromatic rings. The van der Waals surface area contributed by atoms with Gasteiger partial charge in [0.05, 0.1) is 0 Å². The molecule has 1 unspecified atom stereocenters. The second kappa shape index (κ2) is 19.0. The van der Waals surface area contributed by atoms with Crippen LogP contribution in [0.25, 0.3) is 33.4 Å².